The summed E-state index contributed by atoms with van der Waals surface area (Å²) < 4.78 is 5.84. The normalized spacial score (nSPS) is 22.0. The Morgan fingerprint density at radius 1 is 1.13 bits per heavy atom. The molecule has 0 bridgehead atoms. The Kier molecular flexibility index (Phi) is 3.45. The zero-order valence-electron chi connectivity index (χ0n) is 8.78. The molecule has 0 amide bonds. The second-order valence-electron chi connectivity index (χ2n) is 3.91. The Morgan fingerprint density at radius 3 is 2.73 bits per heavy atom. The van der Waals surface area contributed by atoms with Gasteiger partial charge in [0.25, 0.3) is 0 Å². The zero-order chi connectivity index (χ0) is 10.5. The first-order valence-corrected chi connectivity index (χ1v) is 5.51. The highest BCUT2D eigenvalue weighted by atomic mass is 16.5. The van der Waals surface area contributed by atoms with Gasteiger partial charge in [-0.1, -0.05) is 0 Å². The summed E-state index contributed by atoms with van der Waals surface area (Å²) in [5.41, 5.74) is 0. The molecule has 0 aromatic heterocycles. The molecule has 1 unspecified atom stereocenters. The summed E-state index contributed by atoms with van der Waals surface area (Å²) >= 11 is 0. The van der Waals surface area contributed by atoms with Crippen molar-refractivity contribution in [2.24, 2.45) is 0 Å². The van der Waals surface area contributed by atoms with Crippen LogP contribution in [0.1, 0.15) is 19.3 Å². The smallest absolute Gasteiger partial charge is 0.119 e. The maximum Gasteiger partial charge on any atom is 0.119 e. The molecule has 0 saturated carbocycles. The molecule has 2 N–H and O–H groups in total. The third kappa shape index (κ3) is 3.13. The van der Waals surface area contributed by atoms with Gasteiger partial charge in [-0.2, -0.15) is 0 Å². The Morgan fingerprint density at radius 2 is 1.93 bits per heavy atom. The minimum Gasteiger partial charge on any atom is -0.508 e. The van der Waals surface area contributed by atoms with Crippen molar-refractivity contribution in [2.75, 3.05) is 13.1 Å². The number of benzene rings is 1. The largest absolute Gasteiger partial charge is 0.508 e. The lowest BCUT2D eigenvalue weighted by Gasteiger charge is -2.16. The average molecular weight is 207 g/mol. The zero-order valence-corrected chi connectivity index (χ0v) is 8.78. The van der Waals surface area contributed by atoms with Crippen LogP contribution in [0.25, 0.3) is 0 Å². The summed E-state index contributed by atoms with van der Waals surface area (Å²) in [4.78, 5) is 0. The van der Waals surface area contributed by atoms with Crippen molar-refractivity contribution in [2.45, 2.75) is 25.4 Å². The van der Waals surface area contributed by atoms with E-state index in [4.69, 9.17) is 9.84 Å². The summed E-state index contributed by atoms with van der Waals surface area (Å²) in [5.74, 6) is 1.13. The maximum atomic E-state index is 9.14. The predicted molar refractivity (Wildman–Crippen MR) is 59.2 cm³/mol. The quantitative estimate of drug-likeness (QED) is 0.778. The van der Waals surface area contributed by atoms with Gasteiger partial charge in [0, 0.05) is 0 Å². The summed E-state index contributed by atoms with van der Waals surface area (Å²) in [6, 6.07) is 6.94. The van der Waals surface area contributed by atoms with E-state index in [1.807, 2.05) is 12.1 Å². The lowest BCUT2D eigenvalue weighted by molar-refractivity contribution is 0.187. The third-order valence-corrected chi connectivity index (χ3v) is 2.66. The Bertz CT molecular complexity index is 289. The van der Waals surface area contributed by atoms with E-state index in [1.54, 1.807) is 12.1 Å². The van der Waals surface area contributed by atoms with Crippen molar-refractivity contribution in [1.29, 1.82) is 0 Å². The van der Waals surface area contributed by atoms with Crippen molar-refractivity contribution in [3.05, 3.63) is 24.3 Å². The Hall–Kier alpha value is -1.22. The van der Waals surface area contributed by atoms with E-state index >= 15 is 0 Å². The van der Waals surface area contributed by atoms with Crippen LogP contribution in [0.15, 0.2) is 24.3 Å². The molecule has 0 spiro atoms. The van der Waals surface area contributed by atoms with Crippen LogP contribution in [-0.2, 0) is 0 Å². The lowest BCUT2D eigenvalue weighted by atomic mass is 10.1. The number of phenolic OH excluding ortho intramolecular Hbond substituents is 1. The van der Waals surface area contributed by atoms with Gasteiger partial charge in [0.15, 0.2) is 0 Å². The fraction of sp³-hybridized carbons (Fsp3) is 0.500. The first kappa shape index (κ1) is 10.3. The highest BCUT2D eigenvalue weighted by Crippen LogP contribution is 2.20. The average Bonchev–Trinajstić information content (AvgIpc) is 2.50. The van der Waals surface area contributed by atoms with Crippen molar-refractivity contribution in [3.8, 4) is 11.5 Å². The van der Waals surface area contributed by atoms with Crippen molar-refractivity contribution in [1.82, 2.24) is 5.32 Å². The first-order valence-electron chi connectivity index (χ1n) is 5.51. The van der Waals surface area contributed by atoms with Crippen molar-refractivity contribution < 1.29 is 9.84 Å². The Labute approximate surface area is 90.1 Å². The third-order valence-electron chi connectivity index (χ3n) is 2.66. The number of aromatic hydroxyl groups is 1. The van der Waals surface area contributed by atoms with Crippen molar-refractivity contribution in [3.63, 3.8) is 0 Å². The van der Waals surface area contributed by atoms with Crippen LogP contribution in [0.2, 0.25) is 0 Å². The van der Waals surface area contributed by atoms with Gasteiger partial charge in [0.2, 0.25) is 0 Å². The molecule has 1 saturated heterocycles. The van der Waals surface area contributed by atoms with E-state index in [9.17, 15) is 0 Å². The topological polar surface area (TPSA) is 41.5 Å². The van der Waals surface area contributed by atoms with Crippen LogP contribution >= 0.6 is 0 Å². The standard InChI is InChI=1S/C12H17NO2/c14-10-3-5-12(6-4-10)15-11-2-1-8-13-9-7-11/h3-6,11,13-14H,1-2,7-9H2. The minimum absolute atomic E-state index is 0.282. The monoisotopic (exact) mass is 207 g/mol. The number of phenols is 1. The van der Waals surface area contributed by atoms with Crippen LogP contribution < -0.4 is 10.1 Å². The highest BCUT2D eigenvalue weighted by molar-refractivity contribution is 5.30. The van der Waals surface area contributed by atoms with E-state index in [2.05, 4.69) is 5.32 Å². The van der Waals surface area contributed by atoms with Crippen molar-refractivity contribution >= 4 is 0 Å². The number of hydrogen-bond donors (Lipinski definition) is 2. The fourth-order valence-corrected chi connectivity index (χ4v) is 1.82. The molecule has 1 aliphatic heterocycles. The van der Waals surface area contributed by atoms with Crippen LogP contribution in [0.3, 0.4) is 0 Å². The van der Waals surface area contributed by atoms with E-state index in [0.29, 0.717) is 6.10 Å². The van der Waals surface area contributed by atoms with Gasteiger partial charge in [0.05, 0.1) is 6.10 Å². The molecule has 1 fully saturated rings. The fourth-order valence-electron chi connectivity index (χ4n) is 1.82. The lowest BCUT2D eigenvalue weighted by Crippen LogP contribution is -2.19. The molecule has 15 heavy (non-hydrogen) atoms. The van der Waals surface area contributed by atoms with Crippen LogP contribution in [0.5, 0.6) is 11.5 Å². The van der Waals surface area contributed by atoms with Crippen LogP contribution in [-0.4, -0.2) is 24.3 Å². The summed E-state index contributed by atoms with van der Waals surface area (Å²) in [5, 5.41) is 12.5. The van der Waals surface area contributed by atoms with Gasteiger partial charge >= 0.3 is 0 Å². The molecular formula is C12H17NO2. The van der Waals surface area contributed by atoms with Gasteiger partial charge in [-0.15, -0.1) is 0 Å². The molecule has 82 valence electrons. The summed E-state index contributed by atoms with van der Waals surface area (Å²) in [7, 11) is 0. The highest BCUT2D eigenvalue weighted by Gasteiger charge is 2.12. The second kappa shape index (κ2) is 5.03. The van der Waals surface area contributed by atoms with Gasteiger partial charge in [-0.05, 0) is 56.6 Å². The minimum atomic E-state index is 0.282. The van der Waals surface area contributed by atoms with Gasteiger partial charge in [-0.3, -0.25) is 0 Å². The predicted octanol–water partition coefficient (Wildman–Crippen LogP) is 1.91. The summed E-state index contributed by atoms with van der Waals surface area (Å²) in [6.45, 7) is 2.12. The van der Waals surface area contributed by atoms with E-state index in [-0.39, 0.29) is 5.75 Å². The van der Waals surface area contributed by atoms with E-state index in [0.717, 1.165) is 31.7 Å². The second-order valence-corrected chi connectivity index (χ2v) is 3.91. The molecule has 0 radical (unpaired) electrons. The molecule has 2 rings (SSSR count). The molecule has 1 aliphatic rings. The van der Waals surface area contributed by atoms with Gasteiger partial charge in [-0.25, -0.2) is 0 Å². The SMILES string of the molecule is Oc1ccc(OC2CCCNCC2)cc1. The number of rotatable bonds is 2. The van der Waals surface area contributed by atoms with Crippen LogP contribution in [0, 0.1) is 0 Å². The van der Waals surface area contributed by atoms with E-state index < -0.39 is 0 Å². The van der Waals surface area contributed by atoms with Crippen LogP contribution in [0.4, 0.5) is 0 Å². The molecule has 1 aromatic rings. The molecular weight excluding hydrogens is 190 g/mol. The number of nitrogens with one attached hydrogen (secondary N) is 1. The molecule has 1 aromatic carbocycles. The van der Waals surface area contributed by atoms with Gasteiger partial charge in [0.1, 0.15) is 11.5 Å². The molecule has 1 atom stereocenters. The molecule has 1 heterocycles. The summed E-state index contributed by atoms with van der Waals surface area (Å²) in [6.07, 6.45) is 3.64. The number of hydrogen-bond acceptors (Lipinski definition) is 3. The number of ether oxygens (including phenoxy) is 1. The molecule has 3 heteroatoms. The first-order chi connectivity index (χ1) is 7.34. The molecule has 0 aliphatic carbocycles. The van der Waals surface area contributed by atoms with E-state index in [1.165, 1.54) is 6.42 Å². The Balaban J connectivity index is 1.92. The maximum absolute atomic E-state index is 9.14. The van der Waals surface area contributed by atoms with Gasteiger partial charge < -0.3 is 15.2 Å². The molecule has 3 nitrogen and oxygen atoms in total.